The molecule has 0 aromatic heterocycles. The van der Waals surface area contributed by atoms with Gasteiger partial charge in [0.15, 0.2) is 8.07 Å². The van der Waals surface area contributed by atoms with Crippen LogP contribution in [-0.2, 0) is 0 Å². The second-order valence-electron chi connectivity index (χ2n) is 8.29. The Morgan fingerprint density at radius 3 is 1.03 bits per heavy atom. The quantitative estimate of drug-likeness (QED) is 0.273. The zero-order chi connectivity index (χ0) is 21.8. The summed E-state index contributed by atoms with van der Waals surface area (Å²) in [6, 6.07) is 51.3. The third-order valence-corrected chi connectivity index (χ3v) is 11.1. The second kappa shape index (κ2) is 8.82. The zero-order valence-corrected chi connectivity index (χ0v) is 19.3. The van der Waals surface area contributed by atoms with Gasteiger partial charge in [0.1, 0.15) is 0 Å². The van der Waals surface area contributed by atoms with Crippen LogP contribution >= 0.6 is 0 Å². The van der Waals surface area contributed by atoms with Gasteiger partial charge in [-0.3, -0.25) is 0 Å². The highest BCUT2D eigenvalue weighted by Gasteiger charge is 2.41. The van der Waals surface area contributed by atoms with Crippen molar-refractivity contribution in [3.05, 3.63) is 145 Å². The molecule has 5 aromatic carbocycles. The van der Waals surface area contributed by atoms with E-state index in [1.807, 2.05) is 0 Å². The molecule has 0 aliphatic rings. The van der Waals surface area contributed by atoms with Crippen molar-refractivity contribution >= 4 is 28.8 Å². The molecule has 0 saturated heterocycles. The summed E-state index contributed by atoms with van der Waals surface area (Å²) in [7, 11) is -2.43. The van der Waals surface area contributed by atoms with Gasteiger partial charge in [0.25, 0.3) is 0 Å². The molecular weight excluding hydrogens is 400 g/mol. The van der Waals surface area contributed by atoms with Gasteiger partial charge in [-0.25, -0.2) is 0 Å². The van der Waals surface area contributed by atoms with Crippen molar-refractivity contribution in [3.8, 4) is 11.1 Å². The van der Waals surface area contributed by atoms with E-state index in [1.165, 1.54) is 37.4 Å². The maximum Gasteiger partial charge on any atom is 0.179 e. The predicted molar refractivity (Wildman–Crippen MR) is 140 cm³/mol. The number of hydrogen-bond donors (Lipinski definition) is 0. The van der Waals surface area contributed by atoms with Gasteiger partial charge >= 0.3 is 0 Å². The Balaban J connectivity index is 1.76. The zero-order valence-electron chi connectivity index (χ0n) is 18.3. The summed E-state index contributed by atoms with van der Waals surface area (Å²) in [5.41, 5.74) is 3.80. The number of aryl methyl sites for hydroxylation is 1. The van der Waals surface area contributed by atoms with Crippen LogP contribution in [0.15, 0.2) is 140 Å². The van der Waals surface area contributed by atoms with Gasteiger partial charge in [0.2, 0.25) is 0 Å². The molecule has 5 rings (SSSR count). The average Bonchev–Trinajstić information content (AvgIpc) is 2.88. The number of benzene rings is 5. The Labute approximate surface area is 191 Å². The van der Waals surface area contributed by atoms with Crippen molar-refractivity contribution in [2.24, 2.45) is 0 Å². The van der Waals surface area contributed by atoms with Crippen LogP contribution in [-0.4, -0.2) is 8.07 Å². The molecule has 0 saturated carbocycles. The van der Waals surface area contributed by atoms with Crippen LogP contribution in [0.1, 0.15) is 5.56 Å². The lowest BCUT2D eigenvalue weighted by Gasteiger charge is -2.34. The van der Waals surface area contributed by atoms with Crippen LogP contribution in [0.25, 0.3) is 11.1 Å². The van der Waals surface area contributed by atoms with Gasteiger partial charge in [-0.15, -0.1) is 0 Å². The standard InChI is InChI=1S/C31H26Si/c1-25-17-19-26(20-18-25)27-21-23-31(24-22-27)32(28-11-5-2-6-12-28,29-13-7-3-8-14-29)30-15-9-4-10-16-30/h2-24H,1H3. The lowest BCUT2D eigenvalue weighted by atomic mass is 10.0. The molecule has 0 aliphatic heterocycles. The monoisotopic (exact) mass is 426 g/mol. The first kappa shape index (κ1) is 20.2. The Bertz CT molecular complexity index is 1180. The van der Waals surface area contributed by atoms with Gasteiger partial charge < -0.3 is 0 Å². The van der Waals surface area contributed by atoms with Crippen LogP contribution in [0, 0.1) is 6.92 Å². The van der Waals surface area contributed by atoms with Gasteiger partial charge in [0, 0.05) is 0 Å². The summed E-state index contributed by atoms with van der Waals surface area (Å²) in [5.74, 6) is 0. The largest absolute Gasteiger partial charge is 0.179 e. The van der Waals surface area contributed by atoms with Crippen LogP contribution in [0.5, 0.6) is 0 Å². The Kier molecular flexibility index (Phi) is 5.58. The van der Waals surface area contributed by atoms with Crippen molar-refractivity contribution in [2.75, 3.05) is 0 Å². The van der Waals surface area contributed by atoms with Crippen molar-refractivity contribution in [3.63, 3.8) is 0 Å². The summed E-state index contributed by atoms with van der Waals surface area (Å²) in [4.78, 5) is 0. The molecule has 154 valence electrons. The molecule has 0 heterocycles. The van der Waals surface area contributed by atoms with Crippen LogP contribution in [0.2, 0.25) is 0 Å². The van der Waals surface area contributed by atoms with E-state index in [-0.39, 0.29) is 0 Å². The molecule has 0 unspecified atom stereocenters. The van der Waals surface area contributed by atoms with E-state index in [2.05, 4.69) is 146 Å². The van der Waals surface area contributed by atoms with Crippen LogP contribution < -0.4 is 20.7 Å². The third kappa shape index (κ3) is 3.61. The third-order valence-electron chi connectivity index (χ3n) is 6.32. The van der Waals surface area contributed by atoms with E-state index in [9.17, 15) is 0 Å². The molecule has 0 spiro atoms. The molecule has 32 heavy (non-hydrogen) atoms. The van der Waals surface area contributed by atoms with E-state index in [0.717, 1.165) is 0 Å². The van der Waals surface area contributed by atoms with E-state index in [0.29, 0.717) is 0 Å². The van der Waals surface area contributed by atoms with Crippen molar-refractivity contribution < 1.29 is 0 Å². The predicted octanol–water partition coefficient (Wildman–Crippen LogP) is 5.04. The minimum atomic E-state index is -2.43. The fraction of sp³-hybridized carbons (Fsp3) is 0.0323. The molecular formula is C31H26Si. The van der Waals surface area contributed by atoms with Crippen molar-refractivity contribution in [2.45, 2.75) is 6.92 Å². The van der Waals surface area contributed by atoms with E-state index < -0.39 is 8.07 Å². The Morgan fingerprint density at radius 1 is 0.344 bits per heavy atom. The van der Waals surface area contributed by atoms with E-state index in [4.69, 9.17) is 0 Å². The first-order valence-corrected chi connectivity index (χ1v) is 13.1. The van der Waals surface area contributed by atoms with Crippen molar-refractivity contribution in [1.82, 2.24) is 0 Å². The fourth-order valence-corrected chi connectivity index (χ4v) is 9.47. The van der Waals surface area contributed by atoms with Gasteiger partial charge in [-0.2, -0.15) is 0 Å². The topological polar surface area (TPSA) is 0 Å². The lowest BCUT2D eigenvalue weighted by Crippen LogP contribution is -2.74. The molecule has 0 N–H and O–H groups in total. The van der Waals surface area contributed by atoms with Gasteiger partial charge in [-0.05, 0) is 38.8 Å². The molecule has 0 fully saturated rings. The molecule has 1 heteroatoms. The Morgan fingerprint density at radius 2 is 0.656 bits per heavy atom. The van der Waals surface area contributed by atoms with Crippen LogP contribution in [0.4, 0.5) is 0 Å². The molecule has 0 radical (unpaired) electrons. The highest BCUT2D eigenvalue weighted by molar-refractivity contribution is 7.19. The highest BCUT2D eigenvalue weighted by atomic mass is 28.3. The molecule has 0 atom stereocenters. The minimum Gasteiger partial charge on any atom is -0.0623 e. The summed E-state index contributed by atoms with van der Waals surface area (Å²) in [6.07, 6.45) is 0. The molecule has 0 nitrogen and oxygen atoms in total. The molecule has 5 aromatic rings. The first-order valence-electron chi connectivity index (χ1n) is 11.1. The summed E-state index contributed by atoms with van der Waals surface area (Å²) in [5, 5.41) is 5.61. The van der Waals surface area contributed by atoms with Crippen molar-refractivity contribution in [1.29, 1.82) is 0 Å². The molecule has 0 bridgehead atoms. The average molecular weight is 427 g/mol. The van der Waals surface area contributed by atoms with Crippen LogP contribution in [0.3, 0.4) is 0 Å². The van der Waals surface area contributed by atoms with E-state index >= 15 is 0 Å². The fourth-order valence-electron chi connectivity index (χ4n) is 4.72. The maximum absolute atomic E-state index is 2.43. The summed E-state index contributed by atoms with van der Waals surface area (Å²) < 4.78 is 0. The number of hydrogen-bond acceptors (Lipinski definition) is 0. The first-order chi connectivity index (χ1) is 15.8. The second-order valence-corrected chi connectivity index (χ2v) is 12.1. The molecule has 0 amide bonds. The van der Waals surface area contributed by atoms with E-state index in [1.54, 1.807) is 0 Å². The number of rotatable bonds is 5. The summed E-state index contributed by atoms with van der Waals surface area (Å²) >= 11 is 0. The van der Waals surface area contributed by atoms with Gasteiger partial charge in [-0.1, -0.05) is 145 Å². The minimum absolute atomic E-state index is 1.26. The normalized spacial score (nSPS) is 11.3. The Hall–Kier alpha value is -3.68. The molecule has 0 aliphatic carbocycles. The highest BCUT2D eigenvalue weighted by Crippen LogP contribution is 2.20. The SMILES string of the molecule is Cc1ccc(-c2ccc([Si](c3ccccc3)(c3ccccc3)c3ccccc3)cc2)cc1. The maximum atomic E-state index is 2.36. The van der Waals surface area contributed by atoms with Gasteiger partial charge in [0.05, 0.1) is 0 Å². The summed E-state index contributed by atoms with van der Waals surface area (Å²) in [6.45, 7) is 2.13. The smallest absolute Gasteiger partial charge is 0.0623 e. The lowest BCUT2D eigenvalue weighted by molar-refractivity contribution is 1.47.